The highest BCUT2D eigenvalue weighted by atomic mass is 16.4. The average Bonchev–Trinajstić information content (AvgIpc) is 2.82. The smallest absolute Gasteiger partial charge is 0.307 e. The molecule has 4 nitrogen and oxygen atoms in total. The van der Waals surface area contributed by atoms with E-state index < -0.39 is 5.97 Å². The molecule has 0 radical (unpaired) electrons. The minimum Gasteiger partial charge on any atom is -0.481 e. The summed E-state index contributed by atoms with van der Waals surface area (Å²) >= 11 is 0. The fourth-order valence-electron chi connectivity index (χ4n) is 1.94. The van der Waals surface area contributed by atoms with E-state index >= 15 is 0 Å². The fraction of sp³-hybridized carbons (Fsp3) is 0.286. The van der Waals surface area contributed by atoms with Gasteiger partial charge in [-0.05, 0) is 18.4 Å². The van der Waals surface area contributed by atoms with Gasteiger partial charge in [0.15, 0.2) is 5.78 Å². The van der Waals surface area contributed by atoms with E-state index in [-0.39, 0.29) is 12.2 Å². The Labute approximate surface area is 105 Å². The zero-order valence-corrected chi connectivity index (χ0v) is 9.98. The third-order valence-electron chi connectivity index (χ3n) is 2.87. The maximum absolute atomic E-state index is 11.9. The van der Waals surface area contributed by atoms with E-state index in [0.29, 0.717) is 11.1 Å². The number of hydrogen-bond acceptors (Lipinski definition) is 3. The Hall–Kier alpha value is -2.10. The Morgan fingerprint density at radius 3 is 2.56 bits per heavy atom. The second kappa shape index (κ2) is 5.49. The number of hydrogen-bond donors (Lipinski definition) is 2. The minimum atomic E-state index is -0.869. The van der Waals surface area contributed by atoms with Crippen molar-refractivity contribution in [2.24, 2.45) is 0 Å². The summed E-state index contributed by atoms with van der Waals surface area (Å²) in [7, 11) is 0. The van der Waals surface area contributed by atoms with Gasteiger partial charge in [-0.2, -0.15) is 0 Å². The highest BCUT2D eigenvalue weighted by molar-refractivity contribution is 6.04. The molecule has 0 spiro atoms. The molecular formula is C14H15NO3. The molecule has 1 aromatic rings. The number of aliphatic carboxylic acids is 1. The number of carbonyl (C=O) groups excluding carboxylic acids is 1. The highest BCUT2D eigenvalue weighted by Gasteiger charge is 2.09. The molecule has 0 unspecified atom stereocenters. The van der Waals surface area contributed by atoms with E-state index in [2.05, 4.69) is 5.32 Å². The molecule has 1 aromatic carbocycles. The van der Waals surface area contributed by atoms with E-state index in [9.17, 15) is 9.59 Å². The van der Waals surface area contributed by atoms with Crippen molar-refractivity contribution in [3.05, 3.63) is 47.2 Å². The molecule has 1 heterocycles. The molecule has 2 N–H and O–H groups in total. The minimum absolute atomic E-state index is 0.0168. The number of ketones is 1. The zero-order chi connectivity index (χ0) is 13.0. The molecular weight excluding hydrogens is 230 g/mol. The second-order valence-corrected chi connectivity index (χ2v) is 4.33. The first-order chi connectivity index (χ1) is 8.65. The van der Waals surface area contributed by atoms with Gasteiger partial charge in [-0.15, -0.1) is 0 Å². The summed E-state index contributed by atoms with van der Waals surface area (Å²) in [6, 6.07) is 6.71. The summed E-state index contributed by atoms with van der Waals surface area (Å²) in [5.41, 5.74) is 2.27. The van der Waals surface area contributed by atoms with Crippen LogP contribution in [-0.4, -0.2) is 23.4 Å². The topological polar surface area (TPSA) is 66.4 Å². The average molecular weight is 245 g/mol. The molecule has 4 heteroatoms. The lowest BCUT2D eigenvalue weighted by molar-refractivity contribution is -0.136. The van der Waals surface area contributed by atoms with Crippen LogP contribution in [0, 0.1) is 0 Å². The van der Waals surface area contributed by atoms with Gasteiger partial charge >= 0.3 is 5.97 Å². The maximum atomic E-state index is 11.9. The molecule has 94 valence electrons. The van der Waals surface area contributed by atoms with Gasteiger partial charge in [0.05, 0.1) is 6.42 Å². The van der Waals surface area contributed by atoms with Crippen molar-refractivity contribution in [3.63, 3.8) is 0 Å². The molecule has 1 aliphatic heterocycles. The lowest BCUT2D eigenvalue weighted by Gasteiger charge is -2.01. The second-order valence-electron chi connectivity index (χ2n) is 4.33. The monoisotopic (exact) mass is 245 g/mol. The molecule has 0 saturated carbocycles. The van der Waals surface area contributed by atoms with Crippen LogP contribution in [0.2, 0.25) is 0 Å². The predicted molar refractivity (Wildman–Crippen MR) is 67.4 cm³/mol. The largest absolute Gasteiger partial charge is 0.481 e. The van der Waals surface area contributed by atoms with Gasteiger partial charge < -0.3 is 10.4 Å². The number of carboxylic acids is 1. The molecule has 0 aromatic heterocycles. The normalized spacial score (nSPS) is 16.6. The van der Waals surface area contributed by atoms with Crippen molar-refractivity contribution >= 4 is 11.8 Å². The number of carboxylic acid groups (broad SMARTS) is 1. The van der Waals surface area contributed by atoms with E-state index in [0.717, 1.165) is 25.1 Å². The molecule has 2 rings (SSSR count). The summed E-state index contributed by atoms with van der Waals surface area (Å²) in [5.74, 6) is -0.910. The fourth-order valence-corrected chi connectivity index (χ4v) is 1.94. The standard InChI is InChI=1S/C14H15NO3/c16-13(9-12-2-1-7-15-12)11-5-3-10(4-6-11)8-14(17)18/h3-6,9,15H,1-2,7-8H2,(H,17,18)/b12-9-. The van der Waals surface area contributed by atoms with Crippen molar-refractivity contribution < 1.29 is 14.7 Å². The lowest BCUT2D eigenvalue weighted by Crippen LogP contribution is -2.06. The molecule has 0 bridgehead atoms. The maximum Gasteiger partial charge on any atom is 0.307 e. The van der Waals surface area contributed by atoms with Crippen molar-refractivity contribution in [3.8, 4) is 0 Å². The van der Waals surface area contributed by atoms with E-state index in [1.807, 2.05) is 0 Å². The van der Waals surface area contributed by atoms with E-state index in [1.54, 1.807) is 30.3 Å². The molecule has 1 fully saturated rings. The van der Waals surface area contributed by atoms with Gasteiger partial charge in [0.25, 0.3) is 0 Å². The Bertz CT molecular complexity index is 480. The summed E-state index contributed by atoms with van der Waals surface area (Å²) in [6.07, 6.45) is 3.59. The number of benzene rings is 1. The number of allylic oxidation sites excluding steroid dienone is 2. The first kappa shape index (κ1) is 12.4. The summed E-state index contributed by atoms with van der Waals surface area (Å²) in [5, 5.41) is 11.8. The number of rotatable bonds is 4. The van der Waals surface area contributed by atoms with Gasteiger partial charge in [0, 0.05) is 23.9 Å². The number of carbonyl (C=O) groups is 2. The third kappa shape index (κ3) is 3.20. The van der Waals surface area contributed by atoms with Crippen molar-refractivity contribution in [2.45, 2.75) is 19.3 Å². The Morgan fingerprint density at radius 1 is 1.28 bits per heavy atom. The van der Waals surface area contributed by atoms with Crippen molar-refractivity contribution in [1.82, 2.24) is 5.32 Å². The molecule has 1 saturated heterocycles. The van der Waals surface area contributed by atoms with Crippen LogP contribution in [0.25, 0.3) is 0 Å². The Balaban J connectivity index is 2.06. The SMILES string of the molecule is O=C(O)Cc1ccc(C(=O)/C=C2/CCCN2)cc1. The van der Waals surface area contributed by atoms with Crippen LogP contribution in [0.4, 0.5) is 0 Å². The van der Waals surface area contributed by atoms with Crippen LogP contribution in [-0.2, 0) is 11.2 Å². The molecule has 0 atom stereocenters. The first-order valence-corrected chi connectivity index (χ1v) is 5.94. The van der Waals surface area contributed by atoms with Crippen molar-refractivity contribution in [2.75, 3.05) is 6.54 Å². The Morgan fingerprint density at radius 2 is 2.00 bits per heavy atom. The lowest BCUT2D eigenvalue weighted by atomic mass is 10.1. The van der Waals surface area contributed by atoms with Gasteiger partial charge in [-0.3, -0.25) is 9.59 Å². The third-order valence-corrected chi connectivity index (χ3v) is 2.87. The molecule has 0 amide bonds. The van der Waals surface area contributed by atoms with E-state index in [1.165, 1.54) is 0 Å². The van der Waals surface area contributed by atoms with Crippen LogP contribution >= 0.6 is 0 Å². The van der Waals surface area contributed by atoms with E-state index in [4.69, 9.17) is 5.11 Å². The first-order valence-electron chi connectivity index (χ1n) is 5.94. The van der Waals surface area contributed by atoms with Crippen molar-refractivity contribution in [1.29, 1.82) is 0 Å². The summed E-state index contributed by atoms with van der Waals surface area (Å²) in [4.78, 5) is 22.4. The molecule has 18 heavy (non-hydrogen) atoms. The predicted octanol–water partition coefficient (Wildman–Crippen LogP) is 1.76. The highest BCUT2D eigenvalue weighted by Crippen LogP contribution is 2.12. The van der Waals surface area contributed by atoms with Crippen LogP contribution in [0.15, 0.2) is 36.0 Å². The quantitative estimate of drug-likeness (QED) is 0.626. The van der Waals surface area contributed by atoms with Gasteiger partial charge in [0.1, 0.15) is 0 Å². The van der Waals surface area contributed by atoms with Crippen LogP contribution < -0.4 is 5.32 Å². The van der Waals surface area contributed by atoms with Gasteiger partial charge in [-0.25, -0.2) is 0 Å². The summed E-state index contributed by atoms with van der Waals surface area (Å²) < 4.78 is 0. The van der Waals surface area contributed by atoms with Crippen LogP contribution in [0.3, 0.4) is 0 Å². The van der Waals surface area contributed by atoms with Gasteiger partial charge in [0.2, 0.25) is 0 Å². The summed E-state index contributed by atoms with van der Waals surface area (Å²) in [6.45, 7) is 0.927. The Kier molecular flexibility index (Phi) is 3.77. The van der Waals surface area contributed by atoms with Crippen LogP contribution in [0.1, 0.15) is 28.8 Å². The number of nitrogens with one attached hydrogen (secondary N) is 1. The zero-order valence-electron chi connectivity index (χ0n) is 9.98. The molecule has 0 aliphatic carbocycles. The van der Waals surface area contributed by atoms with Gasteiger partial charge in [-0.1, -0.05) is 24.3 Å². The van der Waals surface area contributed by atoms with Crippen LogP contribution in [0.5, 0.6) is 0 Å². The molecule has 1 aliphatic rings.